The van der Waals surface area contributed by atoms with Crippen LogP contribution in [0.25, 0.3) is 11.3 Å². The van der Waals surface area contributed by atoms with E-state index >= 15 is 0 Å². The molecule has 0 aliphatic carbocycles. The van der Waals surface area contributed by atoms with E-state index < -0.39 is 18.0 Å². The van der Waals surface area contributed by atoms with Crippen molar-refractivity contribution < 1.29 is 14.3 Å². The van der Waals surface area contributed by atoms with E-state index in [9.17, 15) is 9.18 Å². The Morgan fingerprint density at radius 1 is 1.31 bits per heavy atom. The van der Waals surface area contributed by atoms with Crippen LogP contribution in [0.2, 0.25) is 0 Å². The van der Waals surface area contributed by atoms with Crippen LogP contribution in [0, 0.1) is 17.1 Å². The molecule has 0 spiro atoms. The van der Waals surface area contributed by atoms with Gasteiger partial charge in [0, 0.05) is 18.2 Å². The zero-order valence-corrected chi connectivity index (χ0v) is 13.6. The second kappa shape index (κ2) is 7.49. The lowest BCUT2D eigenvalue weighted by Gasteiger charge is -2.14. The summed E-state index contributed by atoms with van der Waals surface area (Å²) in [7, 11) is 0. The van der Waals surface area contributed by atoms with Gasteiger partial charge in [-0.2, -0.15) is 5.26 Å². The summed E-state index contributed by atoms with van der Waals surface area (Å²) in [6.07, 6.45) is 0.841. The fraction of sp³-hybridized carbons (Fsp3) is 0.105. The summed E-state index contributed by atoms with van der Waals surface area (Å²) in [6.45, 7) is 0. The van der Waals surface area contributed by atoms with Crippen molar-refractivity contribution in [3.63, 3.8) is 0 Å². The number of carboxylic acid groups (broad SMARTS) is 1. The maximum atomic E-state index is 13.8. The van der Waals surface area contributed by atoms with Gasteiger partial charge in [-0.15, -0.1) is 0 Å². The van der Waals surface area contributed by atoms with E-state index in [1.165, 1.54) is 12.1 Å². The summed E-state index contributed by atoms with van der Waals surface area (Å²) in [5.74, 6) is -0.199. The second-order valence-corrected chi connectivity index (χ2v) is 5.67. The number of rotatable bonds is 5. The van der Waals surface area contributed by atoms with Crippen molar-refractivity contribution in [1.82, 2.24) is 15.3 Å². The van der Waals surface area contributed by atoms with E-state index in [-0.39, 0.29) is 5.56 Å². The molecule has 7 heteroatoms. The highest BCUT2D eigenvalue weighted by atomic mass is 19.1. The van der Waals surface area contributed by atoms with Gasteiger partial charge in [0.2, 0.25) is 0 Å². The SMILES string of the molecule is N#Cc1ccc(-c2c[nH]c([C@H](Cc3ccccc3)NC(=O)O)n2)cc1F. The molecule has 0 saturated heterocycles. The van der Waals surface area contributed by atoms with Crippen molar-refractivity contribution >= 4 is 6.09 Å². The van der Waals surface area contributed by atoms with Crippen LogP contribution < -0.4 is 5.32 Å². The number of halogens is 1. The smallest absolute Gasteiger partial charge is 0.405 e. The van der Waals surface area contributed by atoms with Gasteiger partial charge < -0.3 is 15.4 Å². The quantitative estimate of drug-likeness (QED) is 0.654. The molecule has 6 nitrogen and oxygen atoms in total. The lowest BCUT2D eigenvalue weighted by atomic mass is 10.1. The lowest BCUT2D eigenvalue weighted by Crippen LogP contribution is -2.29. The number of nitriles is 1. The molecule has 1 heterocycles. The molecule has 0 saturated carbocycles. The topological polar surface area (TPSA) is 102 Å². The minimum Gasteiger partial charge on any atom is -0.465 e. The Kier molecular flexibility index (Phi) is 4.94. The molecular weight excluding hydrogens is 335 g/mol. The van der Waals surface area contributed by atoms with Crippen molar-refractivity contribution in [2.45, 2.75) is 12.5 Å². The van der Waals surface area contributed by atoms with E-state index in [1.54, 1.807) is 18.3 Å². The van der Waals surface area contributed by atoms with Crippen LogP contribution in [0.5, 0.6) is 0 Å². The van der Waals surface area contributed by atoms with Gasteiger partial charge in [0.25, 0.3) is 0 Å². The number of hydrogen-bond donors (Lipinski definition) is 3. The van der Waals surface area contributed by atoms with E-state index in [1.807, 2.05) is 30.3 Å². The van der Waals surface area contributed by atoms with Crippen molar-refractivity contribution in [3.05, 3.63) is 77.5 Å². The molecule has 1 atom stereocenters. The van der Waals surface area contributed by atoms with Crippen LogP contribution in [-0.2, 0) is 6.42 Å². The number of carbonyl (C=O) groups is 1. The van der Waals surface area contributed by atoms with Crippen LogP contribution in [0.15, 0.2) is 54.7 Å². The Labute approximate surface area is 148 Å². The van der Waals surface area contributed by atoms with Crippen LogP contribution >= 0.6 is 0 Å². The number of aromatic nitrogens is 2. The number of hydrogen-bond acceptors (Lipinski definition) is 3. The number of benzene rings is 2. The first-order valence-corrected chi connectivity index (χ1v) is 7.85. The largest absolute Gasteiger partial charge is 0.465 e. The van der Waals surface area contributed by atoms with Crippen molar-refractivity contribution in [1.29, 1.82) is 5.26 Å². The molecule has 2 aromatic carbocycles. The van der Waals surface area contributed by atoms with Gasteiger partial charge in [0.15, 0.2) is 0 Å². The maximum absolute atomic E-state index is 13.8. The van der Waals surface area contributed by atoms with E-state index in [4.69, 9.17) is 10.4 Å². The van der Waals surface area contributed by atoms with Crippen molar-refractivity contribution in [2.75, 3.05) is 0 Å². The molecule has 1 aromatic heterocycles. The standard InChI is InChI=1S/C19H15FN4O2/c20-15-9-13(6-7-14(15)10-21)17-11-22-18(23-17)16(24-19(25)26)8-12-4-2-1-3-5-12/h1-7,9,11,16,24H,8H2,(H,22,23)(H,25,26)/t16-/m0/s1. The summed E-state index contributed by atoms with van der Waals surface area (Å²) < 4.78 is 13.8. The zero-order chi connectivity index (χ0) is 18.5. The Morgan fingerprint density at radius 2 is 2.08 bits per heavy atom. The molecule has 130 valence electrons. The molecule has 1 amide bonds. The first-order valence-electron chi connectivity index (χ1n) is 7.85. The van der Waals surface area contributed by atoms with Crippen LogP contribution in [-0.4, -0.2) is 21.2 Å². The Balaban J connectivity index is 1.88. The number of imidazole rings is 1. The van der Waals surface area contributed by atoms with Crippen LogP contribution in [0.3, 0.4) is 0 Å². The summed E-state index contributed by atoms with van der Waals surface area (Å²) >= 11 is 0. The Bertz CT molecular complexity index is 963. The molecule has 3 N–H and O–H groups in total. The molecule has 0 radical (unpaired) electrons. The maximum Gasteiger partial charge on any atom is 0.405 e. The monoisotopic (exact) mass is 350 g/mol. The van der Waals surface area contributed by atoms with E-state index in [0.717, 1.165) is 5.56 Å². The lowest BCUT2D eigenvalue weighted by molar-refractivity contribution is 0.189. The van der Waals surface area contributed by atoms with Gasteiger partial charge in [-0.3, -0.25) is 0 Å². The summed E-state index contributed by atoms with van der Waals surface area (Å²) in [5, 5.41) is 20.4. The summed E-state index contributed by atoms with van der Waals surface area (Å²) in [4.78, 5) is 18.5. The number of amides is 1. The molecule has 0 aliphatic rings. The average Bonchev–Trinajstić information content (AvgIpc) is 3.12. The number of nitrogens with one attached hydrogen (secondary N) is 2. The van der Waals surface area contributed by atoms with Gasteiger partial charge in [0.05, 0.1) is 17.3 Å². The molecule has 0 bridgehead atoms. The van der Waals surface area contributed by atoms with Crippen molar-refractivity contribution in [2.24, 2.45) is 0 Å². The van der Waals surface area contributed by atoms with Crippen LogP contribution in [0.1, 0.15) is 23.0 Å². The molecule has 0 unspecified atom stereocenters. The highest BCUT2D eigenvalue weighted by Gasteiger charge is 2.19. The highest BCUT2D eigenvalue weighted by Crippen LogP contribution is 2.23. The number of H-pyrrole nitrogens is 1. The van der Waals surface area contributed by atoms with Gasteiger partial charge in [-0.05, 0) is 17.7 Å². The van der Waals surface area contributed by atoms with Gasteiger partial charge in [-0.25, -0.2) is 14.2 Å². The van der Waals surface area contributed by atoms with Gasteiger partial charge in [-0.1, -0.05) is 36.4 Å². The predicted molar refractivity (Wildman–Crippen MR) is 92.7 cm³/mol. The molecule has 0 fully saturated rings. The Hall–Kier alpha value is -3.66. The van der Waals surface area contributed by atoms with Crippen molar-refractivity contribution in [3.8, 4) is 17.3 Å². The number of nitrogens with zero attached hydrogens (tertiary/aromatic N) is 2. The molecule has 3 rings (SSSR count). The first kappa shape index (κ1) is 17.2. The molecule has 26 heavy (non-hydrogen) atoms. The van der Waals surface area contributed by atoms with E-state index in [2.05, 4.69) is 15.3 Å². The molecule has 0 aliphatic heterocycles. The molecular formula is C19H15FN4O2. The second-order valence-electron chi connectivity index (χ2n) is 5.67. The Morgan fingerprint density at radius 3 is 2.73 bits per heavy atom. The predicted octanol–water partition coefficient (Wildman–Crippen LogP) is 3.64. The number of aromatic amines is 1. The summed E-state index contributed by atoms with van der Waals surface area (Å²) in [5.41, 5.74) is 1.87. The summed E-state index contributed by atoms with van der Waals surface area (Å²) in [6, 6.07) is 14.8. The minimum absolute atomic E-state index is 0.0426. The highest BCUT2D eigenvalue weighted by molar-refractivity contribution is 5.65. The third-order valence-corrected chi connectivity index (χ3v) is 3.89. The normalized spacial score (nSPS) is 11.5. The third-order valence-electron chi connectivity index (χ3n) is 3.89. The fourth-order valence-corrected chi connectivity index (χ4v) is 2.64. The minimum atomic E-state index is -1.16. The average molecular weight is 350 g/mol. The fourth-order valence-electron chi connectivity index (χ4n) is 2.64. The van der Waals surface area contributed by atoms with Crippen LogP contribution in [0.4, 0.5) is 9.18 Å². The van der Waals surface area contributed by atoms with E-state index in [0.29, 0.717) is 23.5 Å². The zero-order valence-electron chi connectivity index (χ0n) is 13.6. The van der Waals surface area contributed by atoms with Gasteiger partial charge >= 0.3 is 6.09 Å². The third kappa shape index (κ3) is 3.87. The van der Waals surface area contributed by atoms with Gasteiger partial charge in [0.1, 0.15) is 17.7 Å². The first-order chi connectivity index (χ1) is 12.6. The molecule has 3 aromatic rings.